The lowest BCUT2D eigenvalue weighted by molar-refractivity contribution is -0.140. The third-order valence-electron chi connectivity index (χ3n) is 3.26. The van der Waals surface area contributed by atoms with Gasteiger partial charge in [-0.15, -0.1) is 11.3 Å². The number of amides is 1. The fraction of sp³-hybridized carbons (Fsp3) is 0.615. The fourth-order valence-electron chi connectivity index (χ4n) is 1.90. The first-order valence-corrected chi connectivity index (χ1v) is 7.45. The van der Waals surface area contributed by atoms with E-state index < -0.39 is 12.0 Å². The van der Waals surface area contributed by atoms with Gasteiger partial charge in [0.2, 0.25) is 5.91 Å². The highest BCUT2D eigenvalue weighted by atomic mass is 32.1. The van der Waals surface area contributed by atoms with Crippen LogP contribution in [0.15, 0.2) is 5.38 Å². The molecule has 0 radical (unpaired) electrons. The van der Waals surface area contributed by atoms with Gasteiger partial charge < -0.3 is 10.0 Å². The lowest BCUT2D eigenvalue weighted by Gasteiger charge is -2.12. The molecule has 1 aromatic rings. The van der Waals surface area contributed by atoms with Gasteiger partial charge in [0.1, 0.15) is 11.0 Å². The van der Waals surface area contributed by atoms with Crippen molar-refractivity contribution in [3.8, 4) is 0 Å². The molecule has 1 atom stereocenters. The molecule has 1 unspecified atom stereocenters. The largest absolute Gasteiger partial charge is 0.480 e. The third-order valence-corrected chi connectivity index (χ3v) is 4.16. The van der Waals surface area contributed by atoms with Crippen molar-refractivity contribution in [2.75, 3.05) is 14.1 Å². The zero-order valence-electron chi connectivity index (χ0n) is 11.6. The van der Waals surface area contributed by atoms with Crippen molar-refractivity contribution < 1.29 is 14.7 Å². The Kier molecular flexibility index (Phi) is 4.72. The average molecular weight is 297 g/mol. The number of carbonyl (C=O) groups excluding carboxylic acids is 1. The number of hydrogen-bond acceptors (Lipinski definition) is 5. The maximum atomic E-state index is 11.6. The van der Waals surface area contributed by atoms with Crippen LogP contribution in [0.25, 0.3) is 0 Å². The van der Waals surface area contributed by atoms with E-state index >= 15 is 0 Å². The first-order valence-electron chi connectivity index (χ1n) is 6.57. The van der Waals surface area contributed by atoms with Crippen LogP contribution in [0.2, 0.25) is 0 Å². The maximum absolute atomic E-state index is 11.6. The Balaban J connectivity index is 1.86. The number of carbonyl (C=O) groups is 2. The van der Waals surface area contributed by atoms with E-state index in [2.05, 4.69) is 10.3 Å². The second-order valence-electron chi connectivity index (χ2n) is 5.23. The minimum Gasteiger partial charge on any atom is -0.480 e. The molecule has 1 heterocycles. The van der Waals surface area contributed by atoms with Gasteiger partial charge in [0.15, 0.2) is 0 Å². The van der Waals surface area contributed by atoms with Crippen LogP contribution in [0, 0.1) is 5.92 Å². The van der Waals surface area contributed by atoms with Crippen LogP contribution in [0.3, 0.4) is 0 Å². The maximum Gasteiger partial charge on any atom is 0.320 e. The second kappa shape index (κ2) is 6.32. The smallest absolute Gasteiger partial charge is 0.320 e. The molecule has 1 aliphatic rings. The summed E-state index contributed by atoms with van der Waals surface area (Å²) < 4.78 is 0. The highest BCUT2D eigenvalue weighted by molar-refractivity contribution is 7.09. The summed E-state index contributed by atoms with van der Waals surface area (Å²) in [5, 5.41) is 14.8. The first-order chi connectivity index (χ1) is 9.47. The van der Waals surface area contributed by atoms with E-state index in [4.69, 9.17) is 5.11 Å². The van der Waals surface area contributed by atoms with E-state index in [0.717, 1.165) is 23.5 Å². The molecule has 1 amide bonds. The predicted octanol–water partition coefficient (Wildman–Crippen LogP) is 0.727. The molecule has 2 N–H and O–H groups in total. The summed E-state index contributed by atoms with van der Waals surface area (Å²) in [6, 6.07) is -0.483. The van der Waals surface area contributed by atoms with Crippen LogP contribution >= 0.6 is 11.3 Å². The molecule has 1 aliphatic carbocycles. The van der Waals surface area contributed by atoms with Crippen LogP contribution in [0.1, 0.15) is 23.5 Å². The van der Waals surface area contributed by atoms with Crippen molar-refractivity contribution in [2.24, 2.45) is 5.92 Å². The number of carboxylic acid groups (broad SMARTS) is 1. The standard InChI is InChI=1S/C13H19N3O3S/c1-16(2)11(17)5-10-15-9(7-20-10)6-14-12(13(18)19)8-3-4-8/h7-8,12,14H,3-6H2,1-2H3,(H,18,19). The van der Waals surface area contributed by atoms with Gasteiger partial charge in [-0.1, -0.05) is 0 Å². The van der Waals surface area contributed by atoms with Crippen molar-refractivity contribution in [2.45, 2.75) is 31.8 Å². The van der Waals surface area contributed by atoms with Crippen LogP contribution in [0.4, 0.5) is 0 Å². The summed E-state index contributed by atoms with van der Waals surface area (Å²) >= 11 is 1.43. The second-order valence-corrected chi connectivity index (χ2v) is 6.17. The Morgan fingerprint density at radius 2 is 2.25 bits per heavy atom. The topological polar surface area (TPSA) is 82.5 Å². The molecule has 0 bridgehead atoms. The Bertz CT molecular complexity index is 497. The van der Waals surface area contributed by atoms with E-state index in [1.165, 1.54) is 16.2 Å². The number of aromatic nitrogens is 1. The van der Waals surface area contributed by atoms with Gasteiger partial charge in [-0.3, -0.25) is 14.9 Å². The summed E-state index contributed by atoms with van der Waals surface area (Å²) in [6.07, 6.45) is 2.25. The summed E-state index contributed by atoms with van der Waals surface area (Å²) in [7, 11) is 3.43. The van der Waals surface area contributed by atoms with Crippen molar-refractivity contribution in [1.29, 1.82) is 0 Å². The zero-order valence-corrected chi connectivity index (χ0v) is 12.4. The fourth-order valence-corrected chi connectivity index (χ4v) is 2.68. The van der Waals surface area contributed by atoms with Crippen LogP contribution in [-0.2, 0) is 22.6 Å². The molecule has 20 heavy (non-hydrogen) atoms. The molecule has 0 aromatic carbocycles. The number of likely N-dealkylation sites (N-methyl/N-ethyl adjacent to an activating group) is 1. The third kappa shape index (κ3) is 4.01. The minimum absolute atomic E-state index is 0.0141. The lowest BCUT2D eigenvalue weighted by Crippen LogP contribution is -2.38. The number of hydrogen-bond donors (Lipinski definition) is 2. The van der Waals surface area contributed by atoms with E-state index in [0.29, 0.717) is 13.0 Å². The van der Waals surface area contributed by atoms with Crippen molar-refractivity contribution in [3.05, 3.63) is 16.1 Å². The molecule has 1 aromatic heterocycles. The van der Waals surface area contributed by atoms with E-state index in [-0.39, 0.29) is 11.8 Å². The zero-order chi connectivity index (χ0) is 14.7. The van der Waals surface area contributed by atoms with E-state index in [1.807, 2.05) is 5.38 Å². The van der Waals surface area contributed by atoms with Crippen molar-refractivity contribution >= 4 is 23.2 Å². The van der Waals surface area contributed by atoms with Gasteiger partial charge >= 0.3 is 5.97 Å². The van der Waals surface area contributed by atoms with Gasteiger partial charge in [0, 0.05) is 26.0 Å². The Morgan fingerprint density at radius 3 is 2.80 bits per heavy atom. The SMILES string of the molecule is CN(C)C(=O)Cc1nc(CNC(C(=O)O)C2CC2)cs1. The highest BCUT2D eigenvalue weighted by Crippen LogP contribution is 2.32. The van der Waals surface area contributed by atoms with Crippen LogP contribution in [0.5, 0.6) is 0 Å². The van der Waals surface area contributed by atoms with Crippen LogP contribution in [-0.4, -0.2) is 47.0 Å². The molecular weight excluding hydrogens is 278 g/mol. The monoisotopic (exact) mass is 297 g/mol. The molecule has 1 saturated carbocycles. The summed E-state index contributed by atoms with van der Waals surface area (Å²) in [5.74, 6) is -0.535. The molecule has 7 heteroatoms. The van der Waals surface area contributed by atoms with Gasteiger partial charge in [-0.05, 0) is 18.8 Å². The normalized spacial score (nSPS) is 15.9. The number of rotatable bonds is 7. The van der Waals surface area contributed by atoms with Gasteiger partial charge in [-0.2, -0.15) is 0 Å². The Labute approximate surface area is 121 Å². The molecular formula is C13H19N3O3S. The molecule has 0 saturated heterocycles. The first kappa shape index (κ1) is 14.9. The highest BCUT2D eigenvalue weighted by Gasteiger charge is 2.35. The van der Waals surface area contributed by atoms with E-state index in [9.17, 15) is 9.59 Å². The number of nitrogens with zero attached hydrogens (tertiary/aromatic N) is 2. The molecule has 6 nitrogen and oxygen atoms in total. The van der Waals surface area contributed by atoms with Gasteiger partial charge in [-0.25, -0.2) is 4.98 Å². The Hall–Kier alpha value is -1.47. The predicted molar refractivity (Wildman–Crippen MR) is 75.5 cm³/mol. The van der Waals surface area contributed by atoms with Gasteiger partial charge in [0.25, 0.3) is 0 Å². The minimum atomic E-state index is -0.800. The number of nitrogens with one attached hydrogen (secondary N) is 1. The summed E-state index contributed by atoms with van der Waals surface area (Å²) in [6.45, 7) is 0.431. The Morgan fingerprint density at radius 1 is 1.55 bits per heavy atom. The summed E-state index contributed by atoms with van der Waals surface area (Å²) in [4.78, 5) is 28.6. The molecule has 0 spiro atoms. The number of thiazole rings is 1. The number of carboxylic acids is 1. The molecule has 0 aliphatic heterocycles. The molecule has 2 rings (SSSR count). The van der Waals surface area contributed by atoms with Gasteiger partial charge in [0.05, 0.1) is 12.1 Å². The quantitative estimate of drug-likeness (QED) is 0.775. The molecule has 1 fully saturated rings. The lowest BCUT2D eigenvalue weighted by atomic mass is 10.2. The summed E-state index contributed by atoms with van der Waals surface area (Å²) in [5.41, 5.74) is 0.795. The average Bonchev–Trinajstić information content (AvgIpc) is 3.10. The van der Waals surface area contributed by atoms with E-state index in [1.54, 1.807) is 14.1 Å². The van der Waals surface area contributed by atoms with Crippen molar-refractivity contribution in [1.82, 2.24) is 15.2 Å². The number of aliphatic carboxylic acids is 1. The molecule has 110 valence electrons. The van der Waals surface area contributed by atoms with Crippen LogP contribution < -0.4 is 5.32 Å². The van der Waals surface area contributed by atoms with Crippen molar-refractivity contribution in [3.63, 3.8) is 0 Å².